The number of aryl methyl sites for hydroxylation is 1. The van der Waals surface area contributed by atoms with Gasteiger partial charge >= 0.3 is 0 Å². The Morgan fingerprint density at radius 3 is 3.00 bits per heavy atom. The minimum atomic E-state index is -0.100. The summed E-state index contributed by atoms with van der Waals surface area (Å²) in [6.07, 6.45) is 5.15. The van der Waals surface area contributed by atoms with Crippen LogP contribution in [0.4, 0.5) is 0 Å². The van der Waals surface area contributed by atoms with Crippen molar-refractivity contribution in [1.82, 2.24) is 14.9 Å². The molecule has 1 heterocycles. The number of imidazole rings is 1. The first-order valence-electron chi connectivity index (χ1n) is 5.39. The molecule has 0 aliphatic carbocycles. The molecule has 0 aliphatic heterocycles. The molecule has 1 unspecified atom stereocenters. The van der Waals surface area contributed by atoms with Gasteiger partial charge in [-0.15, -0.1) is 0 Å². The zero-order valence-corrected chi connectivity index (χ0v) is 9.66. The Morgan fingerprint density at radius 1 is 1.67 bits per heavy atom. The van der Waals surface area contributed by atoms with Crippen LogP contribution in [-0.4, -0.2) is 28.4 Å². The lowest BCUT2D eigenvalue weighted by atomic mass is 10.1. The number of likely N-dealkylation sites (N-methyl/N-ethyl adjacent to an activating group) is 1. The predicted octanol–water partition coefficient (Wildman–Crippen LogP) is 1.01. The normalized spacial score (nSPS) is 12.7. The molecular formula is C11H19N3O. The highest BCUT2D eigenvalue weighted by Gasteiger charge is 2.13. The summed E-state index contributed by atoms with van der Waals surface area (Å²) in [5.41, 5.74) is 0. The van der Waals surface area contributed by atoms with Crippen molar-refractivity contribution in [3.63, 3.8) is 0 Å². The Morgan fingerprint density at radius 2 is 2.40 bits per heavy atom. The van der Waals surface area contributed by atoms with E-state index in [0.717, 1.165) is 18.8 Å². The Kier molecular flexibility index (Phi) is 4.49. The largest absolute Gasteiger partial charge is 0.335 e. The first kappa shape index (κ1) is 11.9. The zero-order chi connectivity index (χ0) is 11.3. The van der Waals surface area contributed by atoms with Gasteiger partial charge in [-0.2, -0.15) is 0 Å². The molecule has 0 bridgehead atoms. The molecule has 15 heavy (non-hydrogen) atoms. The van der Waals surface area contributed by atoms with Gasteiger partial charge in [0.15, 0.2) is 5.78 Å². The van der Waals surface area contributed by atoms with Gasteiger partial charge in [-0.3, -0.25) is 4.79 Å². The first-order chi connectivity index (χ1) is 7.19. The summed E-state index contributed by atoms with van der Waals surface area (Å²) in [7, 11) is 1.79. The molecule has 0 saturated carbocycles. The standard InChI is InChI=1S/C11H19N3O/c1-4-6-14-7-5-13-11(14)8-10(15)9(2)12-3/h5,7,9,12H,4,6,8H2,1-3H3. The highest BCUT2D eigenvalue weighted by atomic mass is 16.1. The maximum absolute atomic E-state index is 11.7. The van der Waals surface area contributed by atoms with Crippen molar-refractivity contribution in [2.45, 2.75) is 39.3 Å². The summed E-state index contributed by atoms with van der Waals surface area (Å²) in [4.78, 5) is 15.9. The van der Waals surface area contributed by atoms with E-state index in [2.05, 4.69) is 17.2 Å². The maximum Gasteiger partial charge on any atom is 0.156 e. The number of nitrogens with one attached hydrogen (secondary N) is 1. The minimum absolute atomic E-state index is 0.100. The number of ketones is 1. The number of hydrogen-bond donors (Lipinski definition) is 1. The Hall–Kier alpha value is -1.16. The van der Waals surface area contributed by atoms with Crippen LogP contribution in [0.15, 0.2) is 12.4 Å². The lowest BCUT2D eigenvalue weighted by Gasteiger charge is -2.09. The van der Waals surface area contributed by atoms with Crippen LogP contribution in [0.2, 0.25) is 0 Å². The molecule has 0 saturated heterocycles. The molecule has 0 fully saturated rings. The van der Waals surface area contributed by atoms with Gasteiger partial charge in [-0.05, 0) is 20.4 Å². The molecule has 84 valence electrons. The second-order valence-electron chi connectivity index (χ2n) is 3.69. The van der Waals surface area contributed by atoms with Crippen LogP contribution in [0, 0.1) is 0 Å². The summed E-state index contributed by atoms with van der Waals surface area (Å²) in [5.74, 6) is 1.05. The van der Waals surface area contributed by atoms with Gasteiger partial charge in [0.05, 0.1) is 12.5 Å². The summed E-state index contributed by atoms with van der Waals surface area (Å²) in [6, 6.07) is -0.100. The number of rotatable bonds is 6. The van der Waals surface area contributed by atoms with Crippen molar-refractivity contribution in [1.29, 1.82) is 0 Å². The summed E-state index contributed by atoms with van der Waals surface area (Å²) in [6.45, 7) is 4.91. The number of aromatic nitrogens is 2. The van der Waals surface area contributed by atoms with Gasteiger partial charge in [0, 0.05) is 18.9 Å². The average Bonchev–Trinajstić information content (AvgIpc) is 2.65. The van der Waals surface area contributed by atoms with Gasteiger partial charge in [0.25, 0.3) is 0 Å². The van der Waals surface area contributed by atoms with Gasteiger partial charge in [-0.1, -0.05) is 6.92 Å². The molecule has 1 N–H and O–H groups in total. The Balaban J connectivity index is 2.63. The third kappa shape index (κ3) is 3.16. The molecule has 1 aromatic rings. The molecule has 1 aromatic heterocycles. The summed E-state index contributed by atoms with van der Waals surface area (Å²) < 4.78 is 2.04. The molecular weight excluding hydrogens is 190 g/mol. The van der Waals surface area contributed by atoms with Crippen LogP contribution in [0.25, 0.3) is 0 Å². The molecule has 0 spiro atoms. The third-order valence-corrected chi connectivity index (χ3v) is 2.51. The molecule has 0 amide bonds. The minimum Gasteiger partial charge on any atom is -0.335 e. The van der Waals surface area contributed by atoms with Crippen LogP contribution < -0.4 is 5.32 Å². The average molecular weight is 209 g/mol. The molecule has 1 rings (SSSR count). The first-order valence-corrected chi connectivity index (χ1v) is 5.39. The Labute approximate surface area is 90.7 Å². The van der Waals surface area contributed by atoms with E-state index < -0.39 is 0 Å². The molecule has 4 nitrogen and oxygen atoms in total. The quantitative estimate of drug-likeness (QED) is 0.760. The van der Waals surface area contributed by atoms with E-state index in [9.17, 15) is 4.79 Å². The van der Waals surface area contributed by atoms with Gasteiger partial charge < -0.3 is 9.88 Å². The zero-order valence-electron chi connectivity index (χ0n) is 9.66. The monoisotopic (exact) mass is 209 g/mol. The predicted molar refractivity (Wildman–Crippen MR) is 59.8 cm³/mol. The summed E-state index contributed by atoms with van der Waals surface area (Å²) in [5, 5.41) is 2.94. The molecule has 1 atom stereocenters. The molecule has 4 heteroatoms. The maximum atomic E-state index is 11.7. The Bertz CT molecular complexity index is 319. The number of nitrogens with zero attached hydrogens (tertiary/aromatic N) is 2. The van der Waals surface area contributed by atoms with Gasteiger partial charge in [0.1, 0.15) is 5.82 Å². The molecule has 0 aliphatic rings. The van der Waals surface area contributed by atoms with Crippen LogP contribution in [0.5, 0.6) is 0 Å². The third-order valence-electron chi connectivity index (χ3n) is 2.51. The van der Waals surface area contributed by atoms with Gasteiger partial charge in [-0.25, -0.2) is 4.98 Å². The van der Waals surface area contributed by atoms with Crippen molar-refractivity contribution in [3.05, 3.63) is 18.2 Å². The van der Waals surface area contributed by atoms with Crippen molar-refractivity contribution in [2.24, 2.45) is 0 Å². The van der Waals surface area contributed by atoms with Crippen LogP contribution in [-0.2, 0) is 17.8 Å². The number of carbonyl (C=O) groups is 1. The number of Topliss-reactive ketones (excluding diaryl/α,β-unsaturated/α-hetero) is 1. The second-order valence-corrected chi connectivity index (χ2v) is 3.69. The summed E-state index contributed by atoms with van der Waals surface area (Å²) >= 11 is 0. The molecule has 0 radical (unpaired) electrons. The van der Waals surface area contributed by atoms with E-state index in [1.165, 1.54) is 0 Å². The lowest BCUT2D eigenvalue weighted by molar-refractivity contribution is -0.120. The van der Waals surface area contributed by atoms with Crippen LogP contribution >= 0.6 is 0 Å². The fraction of sp³-hybridized carbons (Fsp3) is 0.636. The highest BCUT2D eigenvalue weighted by Crippen LogP contribution is 2.02. The fourth-order valence-electron chi connectivity index (χ4n) is 1.42. The smallest absolute Gasteiger partial charge is 0.156 e. The van der Waals surface area contributed by atoms with E-state index in [1.807, 2.05) is 17.7 Å². The van der Waals surface area contributed by atoms with E-state index in [-0.39, 0.29) is 11.8 Å². The van der Waals surface area contributed by atoms with Crippen molar-refractivity contribution >= 4 is 5.78 Å². The van der Waals surface area contributed by atoms with Crippen molar-refractivity contribution in [3.8, 4) is 0 Å². The van der Waals surface area contributed by atoms with E-state index >= 15 is 0 Å². The van der Waals surface area contributed by atoms with Gasteiger partial charge in [0.2, 0.25) is 0 Å². The van der Waals surface area contributed by atoms with Crippen molar-refractivity contribution in [2.75, 3.05) is 7.05 Å². The highest BCUT2D eigenvalue weighted by molar-refractivity contribution is 5.85. The number of carbonyl (C=O) groups excluding carboxylic acids is 1. The number of hydrogen-bond acceptors (Lipinski definition) is 3. The topological polar surface area (TPSA) is 46.9 Å². The van der Waals surface area contributed by atoms with Crippen molar-refractivity contribution < 1.29 is 4.79 Å². The second kappa shape index (κ2) is 5.66. The SMILES string of the molecule is CCCn1ccnc1CC(=O)C(C)NC. The lowest BCUT2D eigenvalue weighted by Crippen LogP contribution is -2.32. The van der Waals surface area contributed by atoms with Crippen LogP contribution in [0.1, 0.15) is 26.1 Å². The van der Waals surface area contributed by atoms with E-state index in [0.29, 0.717) is 6.42 Å². The van der Waals surface area contributed by atoms with E-state index in [1.54, 1.807) is 13.2 Å². The fourth-order valence-corrected chi connectivity index (χ4v) is 1.42. The van der Waals surface area contributed by atoms with Crippen LogP contribution in [0.3, 0.4) is 0 Å². The molecule has 0 aromatic carbocycles. The van der Waals surface area contributed by atoms with E-state index in [4.69, 9.17) is 0 Å².